The van der Waals surface area contributed by atoms with Crippen molar-refractivity contribution in [1.82, 2.24) is 10.3 Å². The van der Waals surface area contributed by atoms with E-state index in [1.807, 2.05) is 45.0 Å². The minimum atomic E-state index is 0.0473. The number of nitrogens with one attached hydrogen (secondary N) is 1. The van der Waals surface area contributed by atoms with Crippen LogP contribution in [0.1, 0.15) is 46.1 Å². The van der Waals surface area contributed by atoms with Gasteiger partial charge in [0.25, 0.3) is 0 Å². The molecule has 1 rings (SSSR count). The molecule has 0 bridgehead atoms. The van der Waals surface area contributed by atoms with Crippen LogP contribution in [0.2, 0.25) is 0 Å². The Balaban J connectivity index is 0.00000277. The average molecular weight is 351 g/mol. The van der Waals surface area contributed by atoms with Gasteiger partial charge in [-0.15, -0.1) is 0 Å². The van der Waals surface area contributed by atoms with Crippen molar-refractivity contribution in [2.75, 3.05) is 19.7 Å². The second kappa shape index (κ2) is 14.2. The molecule has 6 heteroatoms. The second-order valence-corrected chi connectivity index (χ2v) is 5.29. The van der Waals surface area contributed by atoms with Crippen molar-refractivity contribution in [1.29, 1.82) is 0 Å². The molecular formula is C19H34N4O2. The fourth-order valence-electron chi connectivity index (χ4n) is 1.92. The highest BCUT2D eigenvalue weighted by Gasteiger charge is 2.00. The summed E-state index contributed by atoms with van der Waals surface area (Å²) < 4.78 is 5.61. The first kappa shape index (κ1) is 22.8. The summed E-state index contributed by atoms with van der Waals surface area (Å²) in [6, 6.07) is 7.94. The predicted octanol–water partition coefficient (Wildman–Crippen LogP) is 2.55. The summed E-state index contributed by atoms with van der Waals surface area (Å²) in [5, 5.41) is 4.31. The number of hydrogen-bond acceptors (Lipinski definition) is 5. The second-order valence-electron chi connectivity index (χ2n) is 5.29. The number of carbonyl (C=O) groups is 1. The Labute approximate surface area is 152 Å². The number of hydrogen-bond donors (Lipinski definition) is 3. The van der Waals surface area contributed by atoms with Crippen LogP contribution in [0.15, 0.2) is 36.2 Å². The lowest BCUT2D eigenvalue weighted by Crippen LogP contribution is -2.31. The Morgan fingerprint density at radius 1 is 1.24 bits per heavy atom. The summed E-state index contributed by atoms with van der Waals surface area (Å²) in [5.41, 5.74) is 7.71. The number of carbonyl (C=O) groups excluding carboxylic acids is 1. The van der Waals surface area contributed by atoms with E-state index in [1.54, 1.807) is 6.20 Å². The molecule has 1 aromatic carbocycles. The quantitative estimate of drug-likeness (QED) is 0.342. The van der Waals surface area contributed by atoms with Crippen molar-refractivity contribution in [3.05, 3.63) is 41.7 Å². The molecule has 25 heavy (non-hydrogen) atoms. The number of nitrogens with zero attached hydrogens (tertiary/aromatic N) is 1. The smallest absolute Gasteiger partial charge is 0.219 e. The molecule has 0 aliphatic carbocycles. The fraction of sp³-hybridized carbons (Fsp3) is 0.526. The van der Waals surface area contributed by atoms with Crippen LogP contribution in [0.3, 0.4) is 0 Å². The maximum Gasteiger partial charge on any atom is 0.219 e. The fourth-order valence-corrected chi connectivity index (χ4v) is 1.92. The van der Waals surface area contributed by atoms with Gasteiger partial charge in [-0.1, -0.05) is 39.8 Å². The zero-order valence-electron chi connectivity index (χ0n) is 16.0. The minimum absolute atomic E-state index is 0.0473. The molecule has 0 spiro atoms. The van der Waals surface area contributed by atoms with Crippen molar-refractivity contribution in [2.45, 2.75) is 47.0 Å². The van der Waals surface area contributed by atoms with Gasteiger partial charge in [0, 0.05) is 25.7 Å². The monoisotopic (exact) mass is 350 g/mol. The van der Waals surface area contributed by atoms with Crippen LogP contribution in [0.4, 0.5) is 0 Å². The Bertz CT molecular complexity index is 501. The SMILES string of the molecule is CC.CCC(=O)NCCCN(N)/C=C(\N)COc1ccc(CC)cc1. The number of aryl methyl sites for hydroxylation is 1. The van der Waals surface area contributed by atoms with Gasteiger partial charge in [0.05, 0.1) is 5.70 Å². The third-order valence-corrected chi connectivity index (χ3v) is 3.31. The van der Waals surface area contributed by atoms with Gasteiger partial charge in [0.2, 0.25) is 5.91 Å². The summed E-state index contributed by atoms with van der Waals surface area (Å²) in [5.74, 6) is 6.67. The highest BCUT2D eigenvalue weighted by molar-refractivity contribution is 5.75. The number of rotatable bonds is 10. The van der Waals surface area contributed by atoms with Crippen LogP contribution in [0, 0.1) is 0 Å². The molecule has 0 unspecified atom stereocenters. The van der Waals surface area contributed by atoms with Crippen LogP contribution in [-0.2, 0) is 11.2 Å². The van der Waals surface area contributed by atoms with Crippen LogP contribution < -0.4 is 21.6 Å². The molecule has 5 N–H and O–H groups in total. The Hall–Kier alpha value is -2.21. The van der Waals surface area contributed by atoms with E-state index in [4.69, 9.17) is 16.3 Å². The molecule has 0 saturated carbocycles. The van der Waals surface area contributed by atoms with Gasteiger partial charge in [-0.3, -0.25) is 4.79 Å². The van der Waals surface area contributed by atoms with Crippen LogP contribution >= 0.6 is 0 Å². The van der Waals surface area contributed by atoms with Crippen molar-refractivity contribution in [3.63, 3.8) is 0 Å². The highest BCUT2D eigenvalue weighted by atomic mass is 16.5. The van der Waals surface area contributed by atoms with Gasteiger partial charge in [0.1, 0.15) is 12.4 Å². The summed E-state index contributed by atoms with van der Waals surface area (Å²) >= 11 is 0. The normalized spacial score (nSPS) is 10.5. The molecule has 0 aliphatic heterocycles. The van der Waals surface area contributed by atoms with Crippen LogP contribution in [0.5, 0.6) is 5.75 Å². The molecule has 0 atom stereocenters. The zero-order chi connectivity index (χ0) is 19.1. The van der Waals surface area contributed by atoms with Gasteiger partial charge in [0.15, 0.2) is 0 Å². The standard InChI is InChI=1S/C17H28N4O2.C2H6/c1-3-14-6-8-16(9-7-14)23-13-15(18)12-21(19)11-5-10-20-17(22)4-2;1-2/h6-9,12H,3-5,10-11,13,18-19H2,1-2H3,(H,20,22);1-2H3/b15-12-;. The lowest BCUT2D eigenvalue weighted by Gasteiger charge is -2.15. The number of nitrogens with two attached hydrogens (primary N) is 2. The van der Waals surface area contributed by atoms with E-state index >= 15 is 0 Å². The molecule has 1 amide bonds. The number of benzene rings is 1. The van der Waals surface area contributed by atoms with Gasteiger partial charge in [-0.2, -0.15) is 0 Å². The largest absolute Gasteiger partial charge is 0.487 e. The Morgan fingerprint density at radius 2 is 1.88 bits per heavy atom. The lowest BCUT2D eigenvalue weighted by molar-refractivity contribution is -0.120. The van der Waals surface area contributed by atoms with Gasteiger partial charge < -0.3 is 20.8 Å². The van der Waals surface area contributed by atoms with Crippen LogP contribution in [-0.4, -0.2) is 30.6 Å². The van der Waals surface area contributed by atoms with Gasteiger partial charge in [-0.25, -0.2) is 5.84 Å². The first-order valence-electron chi connectivity index (χ1n) is 9.01. The van der Waals surface area contributed by atoms with E-state index in [0.717, 1.165) is 18.6 Å². The molecule has 1 aromatic rings. The van der Waals surface area contributed by atoms with E-state index in [0.29, 0.717) is 25.2 Å². The van der Waals surface area contributed by atoms with Gasteiger partial charge >= 0.3 is 0 Å². The van der Waals surface area contributed by atoms with Crippen molar-refractivity contribution in [2.24, 2.45) is 11.6 Å². The molecule has 142 valence electrons. The van der Waals surface area contributed by atoms with Crippen molar-refractivity contribution in [3.8, 4) is 5.75 Å². The number of ether oxygens (including phenoxy) is 1. The van der Waals surface area contributed by atoms with E-state index in [2.05, 4.69) is 12.2 Å². The highest BCUT2D eigenvalue weighted by Crippen LogP contribution is 2.12. The predicted molar refractivity (Wildman–Crippen MR) is 104 cm³/mol. The molecule has 0 radical (unpaired) electrons. The molecule has 0 saturated heterocycles. The topological polar surface area (TPSA) is 93.6 Å². The van der Waals surface area contributed by atoms with Crippen molar-refractivity contribution < 1.29 is 9.53 Å². The lowest BCUT2D eigenvalue weighted by atomic mass is 10.2. The molecule has 0 aliphatic rings. The maximum atomic E-state index is 11.1. The third kappa shape index (κ3) is 11.1. The van der Waals surface area contributed by atoms with E-state index in [-0.39, 0.29) is 12.5 Å². The van der Waals surface area contributed by atoms with Crippen molar-refractivity contribution >= 4 is 5.91 Å². The summed E-state index contributed by atoms with van der Waals surface area (Å²) in [7, 11) is 0. The molecule has 0 heterocycles. The summed E-state index contributed by atoms with van der Waals surface area (Å²) in [4.78, 5) is 11.1. The first-order chi connectivity index (χ1) is 12.0. The first-order valence-corrected chi connectivity index (χ1v) is 9.01. The Morgan fingerprint density at radius 3 is 2.44 bits per heavy atom. The molecule has 0 aromatic heterocycles. The van der Waals surface area contributed by atoms with E-state index in [1.165, 1.54) is 10.6 Å². The number of hydrazine groups is 1. The Kier molecular flexibility index (Phi) is 12.9. The average Bonchev–Trinajstić information content (AvgIpc) is 2.65. The molecule has 0 fully saturated rings. The molecular weight excluding hydrogens is 316 g/mol. The summed E-state index contributed by atoms with van der Waals surface area (Å²) in [6.07, 6.45) is 3.91. The van der Waals surface area contributed by atoms with Crippen LogP contribution in [0.25, 0.3) is 0 Å². The maximum absolute atomic E-state index is 11.1. The third-order valence-electron chi connectivity index (χ3n) is 3.31. The van der Waals surface area contributed by atoms with E-state index in [9.17, 15) is 4.79 Å². The van der Waals surface area contributed by atoms with E-state index < -0.39 is 0 Å². The van der Waals surface area contributed by atoms with Gasteiger partial charge in [-0.05, 0) is 30.5 Å². The summed E-state index contributed by atoms with van der Waals surface area (Å²) in [6.45, 7) is 9.43. The minimum Gasteiger partial charge on any atom is -0.487 e. The zero-order valence-corrected chi connectivity index (χ0v) is 16.0. The number of amides is 1. The molecule has 6 nitrogen and oxygen atoms in total.